The van der Waals surface area contributed by atoms with Crippen molar-refractivity contribution >= 4 is 40.5 Å². The first-order valence-corrected chi connectivity index (χ1v) is 12.7. The number of benzene rings is 1. The van der Waals surface area contributed by atoms with Gasteiger partial charge in [0.25, 0.3) is 0 Å². The molecule has 6 atom stereocenters. The number of unbranched alkanes of at least 4 members (excludes halogenated alkanes) is 1. The van der Waals surface area contributed by atoms with Crippen molar-refractivity contribution in [2.45, 2.75) is 48.9 Å². The number of aliphatic hydroxyl groups is 1. The van der Waals surface area contributed by atoms with Crippen molar-refractivity contribution in [3.63, 3.8) is 0 Å². The molecule has 34 heavy (non-hydrogen) atoms. The average Bonchev–Trinajstić information content (AvgIpc) is 3.55. The Bertz CT molecular complexity index is 1120. The molecule has 11 heteroatoms. The van der Waals surface area contributed by atoms with Crippen LogP contribution in [0.3, 0.4) is 0 Å². The van der Waals surface area contributed by atoms with Crippen molar-refractivity contribution in [2.75, 3.05) is 20.2 Å². The summed E-state index contributed by atoms with van der Waals surface area (Å²) in [5, 5.41) is 23.3. The maximum atomic E-state index is 13.8. The minimum absolute atomic E-state index is 0.0260. The number of aliphatic hydroxyl groups excluding tert-OH is 1. The Morgan fingerprint density at radius 3 is 2.82 bits per heavy atom. The summed E-state index contributed by atoms with van der Waals surface area (Å²) in [6.45, 7) is 2.63. The van der Waals surface area contributed by atoms with Crippen LogP contribution < -0.4 is 10.6 Å². The second kappa shape index (κ2) is 8.84. The van der Waals surface area contributed by atoms with E-state index in [-0.39, 0.29) is 42.2 Å². The molecule has 0 aliphatic carbocycles. The highest BCUT2D eigenvalue weighted by molar-refractivity contribution is 8.02. The lowest BCUT2D eigenvalue weighted by atomic mass is 9.66. The van der Waals surface area contributed by atoms with E-state index in [2.05, 4.69) is 27.9 Å². The zero-order valence-corrected chi connectivity index (χ0v) is 20.1. The van der Waals surface area contributed by atoms with Crippen LogP contribution in [0.2, 0.25) is 0 Å². The zero-order valence-electron chi connectivity index (χ0n) is 19.3. The Labute approximate surface area is 201 Å². The monoisotopic (exact) mass is 486 g/mol. The van der Waals surface area contributed by atoms with Crippen LogP contribution in [0, 0.1) is 17.8 Å². The van der Waals surface area contributed by atoms with Gasteiger partial charge < -0.3 is 20.6 Å². The zero-order chi connectivity index (χ0) is 24.0. The number of hydrogen-bond donors (Lipinski definition) is 3. The van der Waals surface area contributed by atoms with Crippen molar-refractivity contribution in [3.8, 4) is 0 Å². The third-order valence-corrected chi connectivity index (χ3v) is 9.75. The SMILES string of the molecule is CNC(=O)[C@@H]1[C@H]2C(=O)N(CCCCO)C(C(=O)NCn3nnc4ccccc43)C23S[C@@H]1CC3C. The minimum atomic E-state index is -0.682. The summed E-state index contributed by atoms with van der Waals surface area (Å²) in [6.07, 6.45) is 1.94. The maximum absolute atomic E-state index is 13.8. The predicted molar refractivity (Wildman–Crippen MR) is 126 cm³/mol. The first-order valence-electron chi connectivity index (χ1n) is 11.8. The smallest absolute Gasteiger partial charge is 0.245 e. The van der Waals surface area contributed by atoms with Crippen LogP contribution >= 0.6 is 11.8 Å². The molecule has 0 saturated carbocycles. The summed E-state index contributed by atoms with van der Waals surface area (Å²) in [5.74, 6) is -1.34. The molecule has 3 aliphatic rings. The first kappa shape index (κ1) is 23.1. The van der Waals surface area contributed by atoms with Gasteiger partial charge in [0.1, 0.15) is 18.2 Å². The van der Waals surface area contributed by atoms with Crippen LogP contribution in [-0.4, -0.2) is 79.0 Å². The lowest BCUT2D eigenvalue weighted by Gasteiger charge is -2.38. The largest absolute Gasteiger partial charge is 0.396 e. The van der Waals surface area contributed by atoms with Gasteiger partial charge in [-0.05, 0) is 37.3 Å². The number of likely N-dealkylation sites (tertiary alicyclic amines) is 1. The third-order valence-electron chi connectivity index (χ3n) is 7.67. The number of nitrogens with one attached hydrogen (secondary N) is 2. The maximum Gasteiger partial charge on any atom is 0.245 e. The Balaban J connectivity index is 1.45. The first-order chi connectivity index (χ1) is 16.4. The van der Waals surface area contributed by atoms with Gasteiger partial charge in [-0.25, -0.2) is 4.68 Å². The van der Waals surface area contributed by atoms with E-state index in [0.717, 1.165) is 17.5 Å². The fourth-order valence-corrected chi connectivity index (χ4v) is 8.63. The lowest BCUT2D eigenvalue weighted by Crippen LogP contribution is -2.56. The number of fused-ring (bicyclic) bond motifs is 2. The number of hydrogen-bond acceptors (Lipinski definition) is 7. The van der Waals surface area contributed by atoms with Gasteiger partial charge in [0.2, 0.25) is 17.7 Å². The molecule has 3 amide bonds. The number of amides is 3. The summed E-state index contributed by atoms with van der Waals surface area (Å²) in [7, 11) is 1.60. The van der Waals surface area contributed by atoms with E-state index in [1.54, 1.807) is 28.4 Å². The molecule has 182 valence electrons. The van der Waals surface area contributed by atoms with E-state index in [9.17, 15) is 19.5 Å². The van der Waals surface area contributed by atoms with Crippen molar-refractivity contribution < 1.29 is 19.5 Å². The topological polar surface area (TPSA) is 129 Å². The van der Waals surface area contributed by atoms with Gasteiger partial charge in [0.05, 0.1) is 22.1 Å². The number of rotatable bonds is 8. The van der Waals surface area contributed by atoms with Gasteiger partial charge in [-0.15, -0.1) is 16.9 Å². The minimum Gasteiger partial charge on any atom is -0.396 e. The average molecular weight is 487 g/mol. The van der Waals surface area contributed by atoms with Crippen LogP contribution in [0.5, 0.6) is 0 Å². The molecule has 3 saturated heterocycles. The molecular formula is C23H30N6O4S. The fourth-order valence-electron chi connectivity index (χ4n) is 6.20. The lowest BCUT2D eigenvalue weighted by molar-refractivity contribution is -0.140. The predicted octanol–water partition coefficient (Wildman–Crippen LogP) is 0.361. The van der Waals surface area contributed by atoms with Crippen LogP contribution in [0.1, 0.15) is 26.2 Å². The van der Waals surface area contributed by atoms with Gasteiger partial charge >= 0.3 is 0 Å². The molecule has 3 fully saturated rings. The normalized spacial score (nSPS) is 31.8. The van der Waals surface area contributed by atoms with Gasteiger partial charge in [0.15, 0.2) is 0 Å². The molecule has 5 rings (SSSR count). The van der Waals surface area contributed by atoms with E-state index in [4.69, 9.17) is 0 Å². The van der Waals surface area contributed by atoms with Gasteiger partial charge in [-0.3, -0.25) is 14.4 Å². The summed E-state index contributed by atoms with van der Waals surface area (Å²) in [4.78, 5) is 41.9. The van der Waals surface area contributed by atoms with E-state index >= 15 is 0 Å². The van der Waals surface area contributed by atoms with E-state index in [0.29, 0.717) is 19.4 Å². The highest BCUT2D eigenvalue weighted by Gasteiger charge is 2.75. The Morgan fingerprint density at radius 1 is 1.26 bits per heavy atom. The molecule has 0 radical (unpaired) electrons. The van der Waals surface area contributed by atoms with E-state index in [1.807, 2.05) is 24.3 Å². The van der Waals surface area contributed by atoms with E-state index in [1.165, 1.54) is 0 Å². The molecule has 4 heterocycles. The fraction of sp³-hybridized carbons (Fsp3) is 0.609. The Morgan fingerprint density at radius 2 is 2.06 bits per heavy atom. The molecule has 3 unspecified atom stereocenters. The molecule has 10 nitrogen and oxygen atoms in total. The number of para-hydroxylation sites is 1. The molecule has 2 aromatic rings. The second-order valence-corrected chi connectivity index (χ2v) is 11.0. The summed E-state index contributed by atoms with van der Waals surface area (Å²) < 4.78 is 0.984. The number of aromatic nitrogens is 3. The Hall–Kier alpha value is -2.66. The molecular weight excluding hydrogens is 456 g/mol. The van der Waals surface area contributed by atoms with Crippen LogP contribution in [-0.2, 0) is 21.1 Å². The number of carbonyl (C=O) groups excluding carboxylic acids is 3. The van der Waals surface area contributed by atoms with Gasteiger partial charge in [0, 0.05) is 25.4 Å². The quantitative estimate of drug-likeness (QED) is 0.460. The molecule has 1 spiro atoms. The summed E-state index contributed by atoms with van der Waals surface area (Å²) in [5.41, 5.74) is 1.55. The summed E-state index contributed by atoms with van der Waals surface area (Å²) >= 11 is 1.65. The second-order valence-electron chi connectivity index (χ2n) is 9.41. The third kappa shape index (κ3) is 3.31. The van der Waals surface area contributed by atoms with Crippen molar-refractivity contribution in [2.24, 2.45) is 17.8 Å². The highest BCUT2D eigenvalue weighted by Crippen LogP contribution is 2.68. The molecule has 3 N–H and O–H groups in total. The van der Waals surface area contributed by atoms with Crippen molar-refractivity contribution in [1.29, 1.82) is 0 Å². The molecule has 1 aromatic carbocycles. The summed E-state index contributed by atoms with van der Waals surface area (Å²) in [6, 6.07) is 6.84. The van der Waals surface area contributed by atoms with Crippen molar-refractivity contribution in [1.82, 2.24) is 30.5 Å². The van der Waals surface area contributed by atoms with Gasteiger partial charge in [-0.1, -0.05) is 24.3 Å². The van der Waals surface area contributed by atoms with Crippen LogP contribution in [0.15, 0.2) is 24.3 Å². The van der Waals surface area contributed by atoms with Gasteiger partial charge in [-0.2, -0.15) is 0 Å². The number of thioether (sulfide) groups is 1. The standard InChI is InChI=1S/C23H30N6O4S/c1-13-11-16-17(20(31)24-2)18-22(33)28(9-5-6-10-30)19(23(13,18)34-16)21(32)25-12-29-15-8-4-3-7-14(15)26-27-29/h3-4,7-8,13,16-19,30H,5-6,9-12H2,1-2H3,(H,24,31)(H,25,32)/t13?,16-,17+,18+,19?,23?/m1/s1. The number of nitrogens with zero attached hydrogens (tertiary/aromatic N) is 4. The molecule has 2 bridgehead atoms. The van der Waals surface area contributed by atoms with Crippen LogP contribution in [0.25, 0.3) is 11.0 Å². The molecule has 3 aliphatic heterocycles. The highest BCUT2D eigenvalue weighted by atomic mass is 32.2. The Kier molecular flexibility index (Phi) is 6.01. The van der Waals surface area contributed by atoms with E-state index < -0.39 is 22.6 Å². The molecule has 1 aromatic heterocycles. The van der Waals surface area contributed by atoms with Crippen molar-refractivity contribution in [3.05, 3.63) is 24.3 Å². The van der Waals surface area contributed by atoms with Crippen LogP contribution in [0.4, 0.5) is 0 Å². The number of carbonyl (C=O) groups is 3.